The van der Waals surface area contributed by atoms with Gasteiger partial charge in [0.25, 0.3) is 0 Å². The summed E-state index contributed by atoms with van der Waals surface area (Å²) in [6.45, 7) is 2.56. The molecule has 1 unspecified atom stereocenters. The minimum absolute atomic E-state index is 0.254. The van der Waals surface area contributed by atoms with Gasteiger partial charge in [0.2, 0.25) is 0 Å². The molecule has 0 saturated carbocycles. The predicted molar refractivity (Wildman–Crippen MR) is 90.5 cm³/mol. The molecule has 0 spiro atoms. The van der Waals surface area contributed by atoms with E-state index in [2.05, 4.69) is 38.5 Å². The van der Waals surface area contributed by atoms with Crippen molar-refractivity contribution in [3.05, 3.63) is 61.4 Å². The smallest absolute Gasteiger partial charge is 0.124 e. The van der Waals surface area contributed by atoms with E-state index in [9.17, 15) is 4.39 Å². The fourth-order valence-electron chi connectivity index (χ4n) is 1.94. The number of hydrogen-bond acceptors (Lipinski definition) is 2. The summed E-state index contributed by atoms with van der Waals surface area (Å²) in [5, 5.41) is 0. The molecule has 0 heterocycles. The lowest BCUT2D eigenvalue weighted by Gasteiger charge is -2.17. The Morgan fingerprint density at radius 3 is 2.55 bits per heavy atom. The summed E-state index contributed by atoms with van der Waals surface area (Å²) >= 11 is 5.62. The molecule has 5 heteroatoms. The predicted octanol–water partition coefficient (Wildman–Crippen LogP) is 4.64. The van der Waals surface area contributed by atoms with Gasteiger partial charge in [-0.2, -0.15) is 0 Å². The monoisotopic (exact) mass is 449 g/mol. The van der Waals surface area contributed by atoms with E-state index in [4.69, 9.17) is 10.5 Å². The molecule has 2 aromatic rings. The number of benzene rings is 2. The second kappa shape index (κ2) is 6.87. The highest BCUT2D eigenvalue weighted by atomic mass is 127. The zero-order chi connectivity index (χ0) is 14.7. The van der Waals surface area contributed by atoms with Gasteiger partial charge in [0.1, 0.15) is 11.6 Å². The van der Waals surface area contributed by atoms with Crippen molar-refractivity contribution < 1.29 is 9.13 Å². The van der Waals surface area contributed by atoms with Crippen molar-refractivity contribution in [2.75, 3.05) is 6.61 Å². The summed E-state index contributed by atoms with van der Waals surface area (Å²) in [5.74, 6) is 0.542. The normalized spacial score (nSPS) is 12.2. The van der Waals surface area contributed by atoms with Crippen molar-refractivity contribution in [3.8, 4) is 5.75 Å². The van der Waals surface area contributed by atoms with Gasteiger partial charge in [0, 0.05) is 8.04 Å². The van der Waals surface area contributed by atoms with Crippen molar-refractivity contribution in [2.45, 2.75) is 13.0 Å². The Balaban J connectivity index is 2.35. The quantitative estimate of drug-likeness (QED) is 0.690. The molecular formula is C15H14BrFINO. The zero-order valence-corrected chi connectivity index (χ0v) is 14.6. The number of nitrogens with two attached hydrogens (primary N) is 1. The van der Waals surface area contributed by atoms with Crippen LogP contribution in [-0.4, -0.2) is 6.61 Å². The standard InChI is InChI=1S/C15H14BrFINO/c1-2-20-10-4-6-11(13(16)8-10)15(19)12-5-3-9(17)7-14(12)18/h3-8,15H,2,19H2,1H3. The summed E-state index contributed by atoms with van der Waals surface area (Å²) in [4.78, 5) is 0. The average molecular weight is 450 g/mol. The third-order valence-corrected chi connectivity index (χ3v) is 4.54. The summed E-state index contributed by atoms with van der Waals surface area (Å²) in [7, 11) is 0. The lowest BCUT2D eigenvalue weighted by molar-refractivity contribution is 0.340. The average Bonchev–Trinajstić information content (AvgIpc) is 2.38. The van der Waals surface area contributed by atoms with E-state index in [1.807, 2.05) is 25.1 Å². The molecular weight excluding hydrogens is 436 g/mol. The Labute approximate surface area is 139 Å². The van der Waals surface area contributed by atoms with E-state index in [-0.39, 0.29) is 11.9 Å². The number of halogens is 3. The van der Waals surface area contributed by atoms with Crippen LogP contribution in [0.4, 0.5) is 4.39 Å². The van der Waals surface area contributed by atoms with Crippen molar-refractivity contribution in [2.24, 2.45) is 5.73 Å². The van der Waals surface area contributed by atoms with Gasteiger partial charge in [0.15, 0.2) is 0 Å². The van der Waals surface area contributed by atoms with Crippen LogP contribution < -0.4 is 10.5 Å². The fraction of sp³-hybridized carbons (Fsp3) is 0.200. The molecule has 0 bridgehead atoms. The Hall–Kier alpha value is -0.660. The van der Waals surface area contributed by atoms with Crippen LogP contribution in [0.5, 0.6) is 5.75 Å². The molecule has 0 amide bonds. The highest BCUT2D eigenvalue weighted by Crippen LogP contribution is 2.32. The van der Waals surface area contributed by atoms with E-state index in [0.29, 0.717) is 6.61 Å². The Bertz CT molecular complexity index is 621. The van der Waals surface area contributed by atoms with Gasteiger partial charge >= 0.3 is 0 Å². The molecule has 2 aromatic carbocycles. The first-order chi connectivity index (χ1) is 9.52. The second-order valence-electron chi connectivity index (χ2n) is 4.26. The number of hydrogen-bond donors (Lipinski definition) is 1. The van der Waals surface area contributed by atoms with Crippen LogP contribution >= 0.6 is 38.5 Å². The van der Waals surface area contributed by atoms with Crippen LogP contribution in [0, 0.1) is 9.39 Å². The van der Waals surface area contributed by atoms with Crippen LogP contribution in [-0.2, 0) is 0 Å². The van der Waals surface area contributed by atoms with Gasteiger partial charge in [-0.15, -0.1) is 0 Å². The van der Waals surface area contributed by atoms with E-state index in [0.717, 1.165) is 24.9 Å². The van der Waals surface area contributed by atoms with E-state index in [1.54, 1.807) is 6.07 Å². The van der Waals surface area contributed by atoms with Gasteiger partial charge in [-0.3, -0.25) is 0 Å². The molecule has 2 N–H and O–H groups in total. The van der Waals surface area contributed by atoms with Gasteiger partial charge in [-0.1, -0.05) is 28.1 Å². The van der Waals surface area contributed by atoms with Crippen LogP contribution in [0.3, 0.4) is 0 Å². The molecule has 0 saturated heterocycles. The van der Waals surface area contributed by atoms with E-state index >= 15 is 0 Å². The maximum atomic E-state index is 13.2. The number of rotatable bonds is 4. The Morgan fingerprint density at radius 1 is 1.25 bits per heavy atom. The molecule has 0 aliphatic rings. The van der Waals surface area contributed by atoms with Crippen molar-refractivity contribution >= 4 is 38.5 Å². The molecule has 20 heavy (non-hydrogen) atoms. The minimum atomic E-state index is -0.312. The lowest BCUT2D eigenvalue weighted by atomic mass is 9.99. The van der Waals surface area contributed by atoms with Crippen LogP contribution in [0.15, 0.2) is 40.9 Å². The fourth-order valence-corrected chi connectivity index (χ4v) is 3.35. The first-order valence-corrected chi connectivity index (χ1v) is 8.03. The minimum Gasteiger partial charge on any atom is -0.494 e. The maximum Gasteiger partial charge on any atom is 0.124 e. The van der Waals surface area contributed by atoms with Crippen molar-refractivity contribution in [1.29, 1.82) is 0 Å². The second-order valence-corrected chi connectivity index (χ2v) is 6.28. The topological polar surface area (TPSA) is 35.2 Å². The van der Waals surface area contributed by atoms with Gasteiger partial charge in [-0.25, -0.2) is 4.39 Å². The van der Waals surface area contributed by atoms with Gasteiger partial charge in [0.05, 0.1) is 12.6 Å². The molecule has 106 valence electrons. The zero-order valence-electron chi connectivity index (χ0n) is 10.9. The van der Waals surface area contributed by atoms with Crippen molar-refractivity contribution in [1.82, 2.24) is 0 Å². The van der Waals surface area contributed by atoms with Crippen LogP contribution in [0.2, 0.25) is 0 Å². The summed E-state index contributed by atoms with van der Waals surface area (Å²) in [5.41, 5.74) is 8.14. The highest BCUT2D eigenvalue weighted by molar-refractivity contribution is 14.1. The summed E-state index contributed by atoms with van der Waals surface area (Å²) in [6.07, 6.45) is 0. The molecule has 0 aliphatic carbocycles. The Morgan fingerprint density at radius 2 is 1.95 bits per heavy atom. The molecule has 2 rings (SSSR count). The SMILES string of the molecule is CCOc1ccc(C(N)c2ccc(F)cc2I)c(Br)c1. The highest BCUT2D eigenvalue weighted by Gasteiger charge is 2.16. The molecule has 2 nitrogen and oxygen atoms in total. The van der Waals surface area contributed by atoms with E-state index < -0.39 is 0 Å². The van der Waals surface area contributed by atoms with E-state index in [1.165, 1.54) is 12.1 Å². The lowest BCUT2D eigenvalue weighted by Crippen LogP contribution is -2.14. The Kier molecular flexibility index (Phi) is 5.40. The summed E-state index contributed by atoms with van der Waals surface area (Å²) < 4.78 is 20.3. The molecule has 0 aromatic heterocycles. The van der Waals surface area contributed by atoms with Crippen LogP contribution in [0.25, 0.3) is 0 Å². The maximum absolute atomic E-state index is 13.2. The van der Waals surface area contributed by atoms with Gasteiger partial charge in [-0.05, 0) is 64.9 Å². The van der Waals surface area contributed by atoms with Crippen molar-refractivity contribution in [3.63, 3.8) is 0 Å². The number of ether oxygens (including phenoxy) is 1. The first kappa shape index (κ1) is 15.7. The summed E-state index contributed by atoms with van der Waals surface area (Å²) in [6, 6.07) is 10.0. The molecule has 0 radical (unpaired) electrons. The first-order valence-electron chi connectivity index (χ1n) is 6.15. The van der Waals surface area contributed by atoms with Gasteiger partial charge < -0.3 is 10.5 Å². The molecule has 0 aliphatic heterocycles. The van der Waals surface area contributed by atoms with Crippen LogP contribution in [0.1, 0.15) is 24.1 Å². The largest absolute Gasteiger partial charge is 0.494 e. The third-order valence-electron chi connectivity index (χ3n) is 2.92. The molecule has 0 fully saturated rings. The molecule has 1 atom stereocenters. The third kappa shape index (κ3) is 3.51.